The smallest absolute Gasteiger partial charge is 0.309 e. The van der Waals surface area contributed by atoms with E-state index in [4.69, 9.17) is 4.74 Å². The maximum absolute atomic E-state index is 12.9. The lowest BCUT2D eigenvalue weighted by molar-refractivity contribution is -0.148. The molecule has 0 saturated carbocycles. The Bertz CT molecular complexity index is 930. The van der Waals surface area contributed by atoms with E-state index in [9.17, 15) is 4.79 Å². The number of unbranched alkanes of at least 4 members (excludes halogenated alkanes) is 15. The van der Waals surface area contributed by atoms with Gasteiger partial charge in [0.05, 0.1) is 12.5 Å². The van der Waals surface area contributed by atoms with Crippen LogP contribution in [0, 0.1) is 5.92 Å². The molecule has 0 bridgehead atoms. The summed E-state index contributed by atoms with van der Waals surface area (Å²) in [7, 11) is 0. The van der Waals surface area contributed by atoms with Gasteiger partial charge in [0.1, 0.15) is 0 Å². The zero-order valence-electron chi connectivity index (χ0n) is 24.8. The van der Waals surface area contributed by atoms with Crippen LogP contribution in [0.4, 0.5) is 0 Å². The molecule has 1 unspecified atom stereocenters. The van der Waals surface area contributed by atoms with Gasteiger partial charge in [-0.05, 0) is 48.0 Å². The van der Waals surface area contributed by atoms with Crippen LogP contribution >= 0.6 is 0 Å². The molecular weight excluding hydrogens is 476 g/mol. The van der Waals surface area contributed by atoms with Crippen molar-refractivity contribution in [1.29, 1.82) is 0 Å². The third-order valence-electron chi connectivity index (χ3n) is 8.38. The molecule has 0 N–H and O–H groups in total. The molecular formula is C37H54O2. The summed E-state index contributed by atoms with van der Waals surface area (Å²) in [6.45, 7) is 2.86. The molecule has 2 heteroatoms. The van der Waals surface area contributed by atoms with E-state index in [0.29, 0.717) is 6.61 Å². The van der Waals surface area contributed by atoms with Crippen molar-refractivity contribution in [2.24, 2.45) is 5.92 Å². The number of carbonyl (C=O) groups is 1. The molecule has 214 valence electrons. The number of hydrogen-bond donors (Lipinski definition) is 0. The molecule has 0 amide bonds. The van der Waals surface area contributed by atoms with Crippen molar-refractivity contribution in [3.63, 3.8) is 0 Å². The molecule has 0 fully saturated rings. The lowest BCUT2D eigenvalue weighted by atomic mass is 9.78. The molecule has 0 aliphatic heterocycles. The number of esters is 1. The van der Waals surface area contributed by atoms with Crippen LogP contribution in [0.5, 0.6) is 0 Å². The first-order valence-electron chi connectivity index (χ1n) is 16.3. The van der Waals surface area contributed by atoms with Crippen LogP contribution in [0.1, 0.15) is 140 Å². The molecule has 0 heterocycles. The van der Waals surface area contributed by atoms with Gasteiger partial charge in [-0.1, -0.05) is 164 Å². The van der Waals surface area contributed by atoms with Crippen LogP contribution in [-0.2, 0) is 9.53 Å². The van der Waals surface area contributed by atoms with Gasteiger partial charge in [-0.3, -0.25) is 4.79 Å². The van der Waals surface area contributed by atoms with E-state index in [0.717, 1.165) is 25.7 Å². The number of ether oxygens (including phenoxy) is 1. The summed E-state index contributed by atoms with van der Waals surface area (Å²) in [4.78, 5) is 12.9. The summed E-state index contributed by atoms with van der Waals surface area (Å²) in [5, 5.41) is 0. The van der Waals surface area contributed by atoms with E-state index in [1.54, 1.807) is 0 Å². The fraction of sp³-hybridized carbons (Fsp3) is 0.595. The van der Waals surface area contributed by atoms with Crippen LogP contribution in [-0.4, -0.2) is 12.6 Å². The minimum Gasteiger partial charge on any atom is -0.465 e. The van der Waals surface area contributed by atoms with Crippen LogP contribution in [0.3, 0.4) is 0 Å². The standard InChI is InChI=1S/C37H54O2/c1-2-3-4-5-6-7-8-9-10-11-12-13-14-15-16-23-30-39-37(38)34-28-29-35(32-24-19-17-20-25-32)36(31-34)33-26-21-18-22-27-33/h17-22,24-27,34H,2-16,23,28-31H2,1H3. The van der Waals surface area contributed by atoms with Gasteiger partial charge in [0, 0.05) is 0 Å². The molecule has 2 aromatic rings. The Morgan fingerprint density at radius 1 is 0.615 bits per heavy atom. The first kappa shape index (κ1) is 31.2. The second-order valence-corrected chi connectivity index (χ2v) is 11.6. The van der Waals surface area contributed by atoms with Crippen molar-refractivity contribution in [1.82, 2.24) is 0 Å². The molecule has 2 nitrogen and oxygen atoms in total. The maximum Gasteiger partial charge on any atom is 0.309 e. The van der Waals surface area contributed by atoms with Crippen molar-refractivity contribution < 1.29 is 9.53 Å². The minimum atomic E-state index is -0.0336. The summed E-state index contributed by atoms with van der Waals surface area (Å²) in [6, 6.07) is 21.2. The molecule has 1 aliphatic carbocycles. The Kier molecular flexibility index (Phi) is 15.7. The molecule has 0 spiro atoms. The van der Waals surface area contributed by atoms with Crippen molar-refractivity contribution in [2.45, 2.75) is 129 Å². The average molecular weight is 531 g/mol. The van der Waals surface area contributed by atoms with Gasteiger partial charge in [-0.15, -0.1) is 0 Å². The lowest BCUT2D eigenvalue weighted by Crippen LogP contribution is -2.22. The van der Waals surface area contributed by atoms with Gasteiger partial charge in [-0.25, -0.2) is 0 Å². The number of carbonyl (C=O) groups excluding carboxylic acids is 1. The Morgan fingerprint density at radius 3 is 1.54 bits per heavy atom. The number of benzene rings is 2. The van der Waals surface area contributed by atoms with Crippen molar-refractivity contribution in [2.75, 3.05) is 6.61 Å². The van der Waals surface area contributed by atoms with Gasteiger partial charge in [0.25, 0.3) is 0 Å². The van der Waals surface area contributed by atoms with Crippen molar-refractivity contribution in [3.05, 3.63) is 71.8 Å². The van der Waals surface area contributed by atoms with Gasteiger partial charge in [0.2, 0.25) is 0 Å². The molecule has 1 aliphatic rings. The first-order chi connectivity index (χ1) is 19.3. The molecule has 3 rings (SSSR count). The second kappa shape index (κ2) is 19.7. The Balaban J connectivity index is 1.24. The summed E-state index contributed by atoms with van der Waals surface area (Å²) >= 11 is 0. The van der Waals surface area contributed by atoms with Gasteiger partial charge in [-0.2, -0.15) is 0 Å². The van der Waals surface area contributed by atoms with E-state index in [2.05, 4.69) is 67.6 Å². The molecule has 0 aromatic heterocycles. The summed E-state index contributed by atoms with van der Waals surface area (Å²) in [5.74, 6) is -0.0368. The molecule has 39 heavy (non-hydrogen) atoms. The first-order valence-corrected chi connectivity index (χ1v) is 16.3. The van der Waals surface area contributed by atoms with Crippen LogP contribution in [0.2, 0.25) is 0 Å². The van der Waals surface area contributed by atoms with Crippen LogP contribution in [0.15, 0.2) is 60.7 Å². The largest absolute Gasteiger partial charge is 0.465 e. The minimum absolute atomic E-state index is 0.00324. The van der Waals surface area contributed by atoms with Crippen molar-refractivity contribution in [3.8, 4) is 0 Å². The fourth-order valence-electron chi connectivity index (χ4n) is 5.97. The second-order valence-electron chi connectivity index (χ2n) is 11.6. The Morgan fingerprint density at radius 2 is 1.05 bits per heavy atom. The molecule has 0 saturated heterocycles. The highest BCUT2D eigenvalue weighted by Crippen LogP contribution is 2.41. The Hall–Kier alpha value is -2.35. The average Bonchev–Trinajstić information content (AvgIpc) is 2.99. The third-order valence-corrected chi connectivity index (χ3v) is 8.38. The quantitative estimate of drug-likeness (QED) is 0.126. The predicted molar refractivity (Wildman–Crippen MR) is 168 cm³/mol. The summed E-state index contributed by atoms with van der Waals surface area (Å²) in [6.07, 6.45) is 24.3. The molecule has 1 atom stereocenters. The molecule has 0 radical (unpaired) electrons. The SMILES string of the molecule is CCCCCCCCCCCCCCCCCCOC(=O)C1CCC(c2ccccc2)=C(c2ccccc2)C1. The summed E-state index contributed by atoms with van der Waals surface area (Å²) < 4.78 is 5.76. The third kappa shape index (κ3) is 12.1. The van der Waals surface area contributed by atoms with E-state index in [-0.39, 0.29) is 11.9 Å². The van der Waals surface area contributed by atoms with E-state index < -0.39 is 0 Å². The maximum atomic E-state index is 12.9. The van der Waals surface area contributed by atoms with Crippen LogP contribution in [0.25, 0.3) is 11.1 Å². The zero-order chi connectivity index (χ0) is 27.4. The lowest BCUT2D eigenvalue weighted by Gasteiger charge is -2.27. The highest BCUT2D eigenvalue weighted by molar-refractivity contribution is 5.93. The Labute approximate surface area is 239 Å². The monoisotopic (exact) mass is 530 g/mol. The van der Waals surface area contributed by atoms with Crippen LogP contribution < -0.4 is 0 Å². The molecule has 2 aromatic carbocycles. The normalized spacial score (nSPS) is 15.5. The number of hydrogen-bond acceptors (Lipinski definition) is 2. The van der Waals surface area contributed by atoms with E-state index in [1.165, 1.54) is 119 Å². The highest BCUT2D eigenvalue weighted by atomic mass is 16.5. The van der Waals surface area contributed by atoms with Gasteiger partial charge < -0.3 is 4.74 Å². The van der Waals surface area contributed by atoms with Gasteiger partial charge >= 0.3 is 5.97 Å². The van der Waals surface area contributed by atoms with Crippen molar-refractivity contribution >= 4 is 17.1 Å². The van der Waals surface area contributed by atoms with E-state index >= 15 is 0 Å². The zero-order valence-corrected chi connectivity index (χ0v) is 24.8. The van der Waals surface area contributed by atoms with Gasteiger partial charge in [0.15, 0.2) is 0 Å². The fourth-order valence-corrected chi connectivity index (χ4v) is 5.97. The predicted octanol–water partition coefficient (Wildman–Crippen LogP) is 11.2. The number of allylic oxidation sites excluding steroid dienone is 2. The topological polar surface area (TPSA) is 26.3 Å². The van der Waals surface area contributed by atoms with E-state index in [1.807, 2.05) is 0 Å². The number of rotatable bonds is 20. The summed E-state index contributed by atoms with van der Waals surface area (Å²) in [5.41, 5.74) is 5.18. The highest BCUT2D eigenvalue weighted by Gasteiger charge is 2.28.